The van der Waals surface area contributed by atoms with Crippen LogP contribution in [-0.2, 0) is 6.42 Å². The third-order valence-corrected chi connectivity index (χ3v) is 3.87. The second-order valence-electron chi connectivity index (χ2n) is 5.08. The lowest BCUT2D eigenvalue weighted by Gasteiger charge is -2.23. The number of halogens is 1. The first-order chi connectivity index (χ1) is 9.10. The Labute approximate surface area is 117 Å². The van der Waals surface area contributed by atoms with Crippen LogP contribution in [-0.4, -0.2) is 37.6 Å². The molecule has 0 saturated carbocycles. The third kappa shape index (κ3) is 5.29. The Kier molecular flexibility index (Phi) is 7.03. The van der Waals surface area contributed by atoms with Crippen LogP contribution in [0.25, 0.3) is 0 Å². The van der Waals surface area contributed by atoms with Crippen molar-refractivity contribution in [2.75, 3.05) is 26.7 Å². The van der Waals surface area contributed by atoms with E-state index in [1.165, 1.54) is 5.56 Å². The molecule has 1 N–H and O–H groups in total. The van der Waals surface area contributed by atoms with Crippen LogP contribution in [0.1, 0.15) is 31.4 Å². The van der Waals surface area contributed by atoms with Gasteiger partial charge in [0.05, 0.1) is 0 Å². The summed E-state index contributed by atoms with van der Waals surface area (Å²) in [6.45, 7) is 9.68. The van der Waals surface area contributed by atoms with E-state index in [0.717, 1.165) is 38.0 Å². The van der Waals surface area contributed by atoms with Crippen LogP contribution in [0.3, 0.4) is 0 Å². The summed E-state index contributed by atoms with van der Waals surface area (Å²) in [5.74, 6) is -0.148. The lowest BCUT2D eigenvalue weighted by atomic mass is 9.99. The fraction of sp³-hybridized carbons (Fsp3) is 0.625. The molecule has 2 nitrogen and oxygen atoms in total. The van der Waals surface area contributed by atoms with Crippen molar-refractivity contribution in [1.82, 2.24) is 10.2 Å². The summed E-state index contributed by atoms with van der Waals surface area (Å²) in [7, 11) is 2.01. The standard InChI is InChI=1S/C16H27FN2/c1-5-19(6-2)10-9-16(18-4)12-14-7-8-15(17)11-13(14)3/h7-8,11,16,18H,5-6,9-10,12H2,1-4H3. The van der Waals surface area contributed by atoms with E-state index in [0.29, 0.717) is 6.04 Å². The first-order valence-electron chi connectivity index (χ1n) is 7.25. The van der Waals surface area contributed by atoms with Crippen LogP contribution in [0.15, 0.2) is 18.2 Å². The molecule has 0 aliphatic heterocycles. The van der Waals surface area contributed by atoms with Gasteiger partial charge in [-0.25, -0.2) is 4.39 Å². The Morgan fingerprint density at radius 2 is 1.95 bits per heavy atom. The Morgan fingerprint density at radius 3 is 2.47 bits per heavy atom. The molecule has 19 heavy (non-hydrogen) atoms. The van der Waals surface area contributed by atoms with Crippen LogP contribution in [0.2, 0.25) is 0 Å². The summed E-state index contributed by atoms with van der Waals surface area (Å²) in [6.07, 6.45) is 2.08. The summed E-state index contributed by atoms with van der Waals surface area (Å²) in [4.78, 5) is 2.43. The molecule has 0 bridgehead atoms. The number of nitrogens with one attached hydrogen (secondary N) is 1. The van der Waals surface area contributed by atoms with Gasteiger partial charge in [0.1, 0.15) is 5.82 Å². The fourth-order valence-electron chi connectivity index (χ4n) is 2.38. The lowest BCUT2D eigenvalue weighted by molar-refractivity contribution is 0.283. The van der Waals surface area contributed by atoms with Gasteiger partial charge in [-0.1, -0.05) is 19.9 Å². The van der Waals surface area contributed by atoms with Gasteiger partial charge in [-0.15, -0.1) is 0 Å². The zero-order valence-corrected chi connectivity index (χ0v) is 12.7. The molecule has 0 heterocycles. The smallest absolute Gasteiger partial charge is 0.123 e. The lowest BCUT2D eigenvalue weighted by Crippen LogP contribution is -2.34. The largest absolute Gasteiger partial charge is 0.317 e. The summed E-state index contributed by atoms with van der Waals surface area (Å²) >= 11 is 0. The summed E-state index contributed by atoms with van der Waals surface area (Å²) in [5, 5.41) is 3.38. The molecule has 3 heteroatoms. The van der Waals surface area contributed by atoms with E-state index in [9.17, 15) is 4.39 Å². The highest BCUT2D eigenvalue weighted by molar-refractivity contribution is 5.27. The number of likely N-dealkylation sites (N-methyl/N-ethyl adjacent to an activating group) is 1. The van der Waals surface area contributed by atoms with Gasteiger partial charge in [0, 0.05) is 6.04 Å². The highest BCUT2D eigenvalue weighted by Crippen LogP contribution is 2.13. The molecule has 0 fully saturated rings. The number of aryl methyl sites for hydroxylation is 1. The van der Waals surface area contributed by atoms with E-state index < -0.39 is 0 Å². The zero-order valence-electron chi connectivity index (χ0n) is 12.7. The molecule has 0 radical (unpaired) electrons. The predicted molar refractivity (Wildman–Crippen MR) is 80.1 cm³/mol. The van der Waals surface area contributed by atoms with Crippen molar-refractivity contribution in [3.63, 3.8) is 0 Å². The van der Waals surface area contributed by atoms with Crippen molar-refractivity contribution < 1.29 is 4.39 Å². The van der Waals surface area contributed by atoms with Crippen molar-refractivity contribution in [2.45, 2.75) is 39.7 Å². The summed E-state index contributed by atoms with van der Waals surface area (Å²) in [5.41, 5.74) is 2.28. The van der Waals surface area contributed by atoms with Crippen LogP contribution in [0.5, 0.6) is 0 Å². The molecular weight excluding hydrogens is 239 g/mol. The molecule has 1 rings (SSSR count). The van der Waals surface area contributed by atoms with Crippen molar-refractivity contribution >= 4 is 0 Å². The normalized spacial score (nSPS) is 12.9. The fourth-order valence-corrected chi connectivity index (χ4v) is 2.38. The van der Waals surface area contributed by atoms with Gasteiger partial charge < -0.3 is 10.2 Å². The first-order valence-corrected chi connectivity index (χ1v) is 7.25. The molecule has 0 amide bonds. The zero-order chi connectivity index (χ0) is 14.3. The number of nitrogens with zero attached hydrogens (tertiary/aromatic N) is 1. The van der Waals surface area contributed by atoms with E-state index in [1.807, 2.05) is 20.0 Å². The van der Waals surface area contributed by atoms with Gasteiger partial charge in [-0.2, -0.15) is 0 Å². The summed E-state index contributed by atoms with van der Waals surface area (Å²) < 4.78 is 13.1. The average Bonchev–Trinajstić information content (AvgIpc) is 2.41. The van der Waals surface area contributed by atoms with Gasteiger partial charge in [0.25, 0.3) is 0 Å². The maximum atomic E-state index is 13.1. The topological polar surface area (TPSA) is 15.3 Å². The Morgan fingerprint density at radius 1 is 1.26 bits per heavy atom. The van der Waals surface area contributed by atoms with Crippen LogP contribution in [0, 0.1) is 12.7 Å². The molecule has 0 aromatic heterocycles. The highest BCUT2D eigenvalue weighted by Gasteiger charge is 2.11. The Balaban J connectivity index is 2.56. The van der Waals surface area contributed by atoms with Crippen LogP contribution >= 0.6 is 0 Å². The van der Waals surface area contributed by atoms with E-state index in [1.54, 1.807) is 12.1 Å². The van der Waals surface area contributed by atoms with E-state index in [2.05, 4.69) is 24.1 Å². The molecule has 108 valence electrons. The molecule has 0 aliphatic carbocycles. The molecule has 0 aliphatic rings. The van der Waals surface area contributed by atoms with Gasteiger partial charge in [0.2, 0.25) is 0 Å². The van der Waals surface area contributed by atoms with Crippen molar-refractivity contribution in [3.8, 4) is 0 Å². The second kappa shape index (κ2) is 8.28. The number of benzene rings is 1. The van der Waals surface area contributed by atoms with Crippen molar-refractivity contribution in [1.29, 1.82) is 0 Å². The van der Waals surface area contributed by atoms with Gasteiger partial charge in [0.15, 0.2) is 0 Å². The Bertz CT molecular complexity index is 375. The SMILES string of the molecule is CCN(CC)CCC(Cc1ccc(F)cc1C)NC. The highest BCUT2D eigenvalue weighted by atomic mass is 19.1. The second-order valence-corrected chi connectivity index (χ2v) is 5.08. The first kappa shape index (κ1) is 16.1. The minimum atomic E-state index is -0.148. The summed E-state index contributed by atoms with van der Waals surface area (Å²) in [6, 6.07) is 5.53. The van der Waals surface area contributed by atoms with Gasteiger partial charge >= 0.3 is 0 Å². The molecule has 1 atom stereocenters. The van der Waals surface area contributed by atoms with Crippen LogP contribution in [0.4, 0.5) is 4.39 Å². The molecule has 1 aromatic carbocycles. The van der Waals surface area contributed by atoms with E-state index >= 15 is 0 Å². The molecular formula is C16H27FN2. The van der Waals surface area contributed by atoms with Gasteiger partial charge in [-0.3, -0.25) is 0 Å². The van der Waals surface area contributed by atoms with E-state index in [4.69, 9.17) is 0 Å². The van der Waals surface area contributed by atoms with Crippen LogP contribution < -0.4 is 5.32 Å². The molecule has 0 spiro atoms. The number of hydrogen-bond donors (Lipinski definition) is 1. The molecule has 1 unspecified atom stereocenters. The average molecular weight is 266 g/mol. The number of rotatable bonds is 8. The quantitative estimate of drug-likeness (QED) is 0.778. The number of hydrogen-bond acceptors (Lipinski definition) is 2. The maximum Gasteiger partial charge on any atom is 0.123 e. The predicted octanol–water partition coefficient (Wildman–Crippen LogP) is 3.00. The van der Waals surface area contributed by atoms with Gasteiger partial charge in [-0.05, 0) is 69.7 Å². The van der Waals surface area contributed by atoms with E-state index in [-0.39, 0.29) is 5.82 Å². The maximum absolute atomic E-state index is 13.1. The monoisotopic (exact) mass is 266 g/mol. The van der Waals surface area contributed by atoms with Crippen molar-refractivity contribution in [3.05, 3.63) is 35.1 Å². The third-order valence-electron chi connectivity index (χ3n) is 3.87. The van der Waals surface area contributed by atoms with Crippen molar-refractivity contribution in [2.24, 2.45) is 0 Å². The minimum Gasteiger partial charge on any atom is -0.317 e. The Hall–Kier alpha value is -0.930. The molecule has 0 saturated heterocycles. The minimum absolute atomic E-state index is 0.148. The molecule has 1 aromatic rings.